The Morgan fingerprint density at radius 3 is 2.74 bits per heavy atom. The van der Waals surface area contributed by atoms with E-state index in [0.717, 1.165) is 32.1 Å². The van der Waals surface area contributed by atoms with Gasteiger partial charge in [0.2, 0.25) is 0 Å². The van der Waals surface area contributed by atoms with Gasteiger partial charge >= 0.3 is 0 Å². The molecule has 0 bridgehead atoms. The van der Waals surface area contributed by atoms with E-state index in [1.54, 1.807) is 31.2 Å². The number of nitrogens with zero attached hydrogens (tertiary/aromatic N) is 3. The standard InChI is InChI=1S/C18H23N3O2/c1-14(23-17-4-2-3-16(11-17)12-19)18(22)21-9-7-20(8-10-21)13-15-5-6-15/h2-4,11,14-15H,5-10,13H2,1H3/t14-/m0/s1. The summed E-state index contributed by atoms with van der Waals surface area (Å²) in [5.41, 5.74) is 0.538. The summed E-state index contributed by atoms with van der Waals surface area (Å²) >= 11 is 0. The molecule has 1 saturated heterocycles. The number of ether oxygens (including phenoxy) is 1. The van der Waals surface area contributed by atoms with Crippen molar-refractivity contribution in [2.75, 3.05) is 32.7 Å². The lowest BCUT2D eigenvalue weighted by Crippen LogP contribution is -2.52. The molecule has 0 N–H and O–H groups in total. The number of hydrogen-bond acceptors (Lipinski definition) is 4. The highest BCUT2D eigenvalue weighted by molar-refractivity contribution is 5.81. The zero-order valence-electron chi connectivity index (χ0n) is 13.6. The van der Waals surface area contributed by atoms with Crippen LogP contribution in [0, 0.1) is 17.2 Å². The van der Waals surface area contributed by atoms with Gasteiger partial charge in [-0.15, -0.1) is 0 Å². The molecule has 0 radical (unpaired) electrons. The molecular weight excluding hydrogens is 290 g/mol. The van der Waals surface area contributed by atoms with Gasteiger partial charge in [0.05, 0.1) is 11.6 Å². The number of carbonyl (C=O) groups is 1. The number of rotatable bonds is 5. The Kier molecular flexibility index (Phi) is 4.82. The highest BCUT2D eigenvalue weighted by Crippen LogP contribution is 2.30. The van der Waals surface area contributed by atoms with Gasteiger partial charge in [0.1, 0.15) is 5.75 Å². The molecule has 5 heteroatoms. The van der Waals surface area contributed by atoms with Gasteiger partial charge in [-0.05, 0) is 43.9 Å². The van der Waals surface area contributed by atoms with E-state index in [9.17, 15) is 4.79 Å². The van der Waals surface area contributed by atoms with Crippen molar-refractivity contribution in [3.63, 3.8) is 0 Å². The maximum atomic E-state index is 12.5. The summed E-state index contributed by atoms with van der Waals surface area (Å²) in [6.45, 7) is 6.43. The molecule has 2 aliphatic rings. The number of nitriles is 1. The van der Waals surface area contributed by atoms with Crippen molar-refractivity contribution >= 4 is 5.91 Å². The predicted octanol–water partition coefficient (Wildman–Crippen LogP) is 1.88. The Morgan fingerprint density at radius 2 is 2.09 bits per heavy atom. The first-order chi connectivity index (χ1) is 11.2. The second kappa shape index (κ2) is 7.01. The van der Waals surface area contributed by atoms with Gasteiger partial charge in [-0.3, -0.25) is 9.69 Å². The highest BCUT2D eigenvalue weighted by atomic mass is 16.5. The van der Waals surface area contributed by atoms with Crippen LogP contribution in [-0.2, 0) is 4.79 Å². The third-order valence-electron chi connectivity index (χ3n) is 4.52. The van der Waals surface area contributed by atoms with Crippen molar-refractivity contribution < 1.29 is 9.53 Å². The molecule has 2 fully saturated rings. The molecule has 1 aromatic carbocycles. The summed E-state index contributed by atoms with van der Waals surface area (Å²) in [4.78, 5) is 16.9. The van der Waals surface area contributed by atoms with E-state index in [4.69, 9.17) is 10.00 Å². The average molecular weight is 313 g/mol. The minimum Gasteiger partial charge on any atom is -0.481 e. The number of carbonyl (C=O) groups excluding carboxylic acids is 1. The van der Waals surface area contributed by atoms with Crippen molar-refractivity contribution in [1.82, 2.24) is 9.80 Å². The molecule has 1 aromatic rings. The SMILES string of the molecule is C[C@H](Oc1cccc(C#N)c1)C(=O)N1CCN(CC2CC2)CC1. The van der Waals surface area contributed by atoms with Crippen LogP contribution in [0.4, 0.5) is 0 Å². The summed E-state index contributed by atoms with van der Waals surface area (Å²) in [6.07, 6.45) is 2.20. The Bertz CT molecular complexity index is 599. The van der Waals surface area contributed by atoms with Crippen LogP contribution in [0.1, 0.15) is 25.3 Å². The minimum absolute atomic E-state index is 0.0263. The van der Waals surface area contributed by atoms with Crippen molar-refractivity contribution in [2.24, 2.45) is 5.92 Å². The monoisotopic (exact) mass is 313 g/mol. The molecule has 1 saturated carbocycles. The molecule has 1 heterocycles. The lowest BCUT2D eigenvalue weighted by molar-refractivity contribution is -0.139. The first-order valence-corrected chi connectivity index (χ1v) is 8.33. The van der Waals surface area contributed by atoms with Crippen molar-refractivity contribution in [3.8, 4) is 11.8 Å². The molecular formula is C18H23N3O2. The maximum absolute atomic E-state index is 12.5. The van der Waals surface area contributed by atoms with E-state index in [2.05, 4.69) is 11.0 Å². The minimum atomic E-state index is -0.529. The molecule has 1 aliphatic heterocycles. The molecule has 1 atom stereocenters. The Labute approximate surface area is 137 Å². The summed E-state index contributed by atoms with van der Waals surface area (Å²) in [7, 11) is 0. The molecule has 3 rings (SSSR count). The van der Waals surface area contributed by atoms with E-state index in [1.165, 1.54) is 19.4 Å². The first-order valence-electron chi connectivity index (χ1n) is 8.33. The van der Waals surface area contributed by atoms with Crippen LogP contribution in [0.25, 0.3) is 0 Å². The first kappa shape index (κ1) is 15.8. The lowest BCUT2D eigenvalue weighted by Gasteiger charge is -2.35. The van der Waals surface area contributed by atoms with E-state index in [-0.39, 0.29) is 5.91 Å². The fraction of sp³-hybridized carbons (Fsp3) is 0.556. The Morgan fingerprint density at radius 1 is 1.35 bits per heavy atom. The molecule has 1 amide bonds. The number of amides is 1. The third-order valence-corrected chi connectivity index (χ3v) is 4.52. The number of benzene rings is 1. The largest absolute Gasteiger partial charge is 0.481 e. The molecule has 0 unspecified atom stereocenters. The van der Waals surface area contributed by atoms with Crippen LogP contribution in [0.3, 0.4) is 0 Å². The van der Waals surface area contributed by atoms with Gasteiger partial charge in [0.15, 0.2) is 6.10 Å². The summed E-state index contributed by atoms with van der Waals surface area (Å²) in [5, 5.41) is 8.92. The van der Waals surface area contributed by atoms with Crippen molar-refractivity contribution in [1.29, 1.82) is 5.26 Å². The number of hydrogen-bond donors (Lipinski definition) is 0. The average Bonchev–Trinajstić information content (AvgIpc) is 3.39. The van der Waals surface area contributed by atoms with E-state index < -0.39 is 6.10 Å². The molecule has 23 heavy (non-hydrogen) atoms. The summed E-state index contributed by atoms with van der Waals surface area (Å²) < 4.78 is 5.72. The van der Waals surface area contributed by atoms with Crippen LogP contribution in [0.5, 0.6) is 5.75 Å². The maximum Gasteiger partial charge on any atom is 0.263 e. The number of piperazine rings is 1. The van der Waals surface area contributed by atoms with Crippen molar-refractivity contribution in [2.45, 2.75) is 25.9 Å². The third kappa shape index (κ3) is 4.23. The second-order valence-electron chi connectivity index (χ2n) is 6.47. The lowest BCUT2D eigenvalue weighted by atomic mass is 10.2. The molecule has 122 valence electrons. The molecule has 0 spiro atoms. The van der Waals surface area contributed by atoms with Gasteiger partial charge < -0.3 is 9.64 Å². The van der Waals surface area contributed by atoms with Gasteiger partial charge in [0, 0.05) is 32.7 Å². The fourth-order valence-electron chi connectivity index (χ4n) is 2.97. The van der Waals surface area contributed by atoms with Crippen LogP contribution in [-0.4, -0.2) is 54.5 Å². The van der Waals surface area contributed by atoms with Gasteiger partial charge in [-0.25, -0.2) is 0 Å². The van der Waals surface area contributed by atoms with Crippen molar-refractivity contribution in [3.05, 3.63) is 29.8 Å². The second-order valence-corrected chi connectivity index (χ2v) is 6.47. The van der Waals surface area contributed by atoms with Crippen LogP contribution >= 0.6 is 0 Å². The van der Waals surface area contributed by atoms with E-state index in [0.29, 0.717) is 11.3 Å². The highest BCUT2D eigenvalue weighted by Gasteiger charge is 2.29. The summed E-state index contributed by atoms with van der Waals surface area (Å²) in [6, 6.07) is 9.00. The van der Waals surface area contributed by atoms with E-state index in [1.807, 2.05) is 4.90 Å². The Balaban J connectivity index is 1.50. The zero-order valence-corrected chi connectivity index (χ0v) is 13.6. The van der Waals surface area contributed by atoms with E-state index >= 15 is 0 Å². The zero-order chi connectivity index (χ0) is 16.2. The quantitative estimate of drug-likeness (QED) is 0.833. The predicted molar refractivity (Wildman–Crippen MR) is 87.0 cm³/mol. The van der Waals surface area contributed by atoms with Crippen LogP contribution < -0.4 is 4.74 Å². The topological polar surface area (TPSA) is 56.6 Å². The van der Waals surface area contributed by atoms with Gasteiger partial charge in [-0.1, -0.05) is 6.07 Å². The normalized spacial score (nSPS) is 19.9. The smallest absolute Gasteiger partial charge is 0.263 e. The fourth-order valence-corrected chi connectivity index (χ4v) is 2.97. The summed E-state index contributed by atoms with van der Waals surface area (Å²) in [5.74, 6) is 1.49. The van der Waals surface area contributed by atoms with Crippen LogP contribution in [0.2, 0.25) is 0 Å². The molecule has 1 aliphatic carbocycles. The Hall–Kier alpha value is -2.06. The van der Waals surface area contributed by atoms with Gasteiger partial charge in [-0.2, -0.15) is 5.26 Å². The van der Waals surface area contributed by atoms with Gasteiger partial charge in [0.25, 0.3) is 5.91 Å². The molecule has 5 nitrogen and oxygen atoms in total. The van der Waals surface area contributed by atoms with Crippen LogP contribution in [0.15, 0.2) is 24.3 Å². The molecule has 0 aromatic heterocycles.